The summed E-state index contributed by atoms with van der Waals surface area (Å²) in [6.45, 7) is 0. The van der Waals surface area contributed by atoms with Crippen molar-refractivity contribution in [2.24, 2.45) is 0 Å². The van der Waals surface area contributed by atoms with Gasteiger partial charge in [0.1, 0.15) is 52.0 Å². The third-order valence-corrected chi connectivity index (χ3v) is 8.62. The van der Waals surface area contributed by atoms with Crippen LogP contribution in [0.3, 0.4) is 0 Å². The van der Waals surface area contributed by atoms with Crippen LogP contribution >= 0.6 is 11.6 Å². The van der Waals surface area contributed by atoms with Crippen molar-refractivity contribution in [1.29, 1.82) is 0 Å². The molecular weight excluding hydrogens is 791 g/mol. The van der Waals surface area contributed by atoms with Gasteiger partial charge in [-0.25, -0.2) is 31.5 Å². The molecule has 0 saturated heterocycles. The highest BCUT2D eigenvalue weighted by molar-refractivity contribution is 6.33. The summed E-state index contributed by atoms with van der Waals surface area (Å²) < 4.78 is 81.9. The van der Waals surface area contributed by atoms with E-state index in [0.29, 0.717) is 11.3 Å². The molecule has 0 unspecified atom stereocenters. The van der Waals surface area contributed by atoms with Gasteiger partial charge in [-0.05, 0) is 95.6 Å². The van der Waals surface area contributed by atoms with Crippen molar-refractivity contribution in [3.05, 3.63) is 166 Å². The first kappa shape index (κ1) is 41.9. The molecule has 0 aliphatic carbocycles. The number of carboxylic acids is 2. The number of hydrogen-bond acceptors (Lipinski definition) is 6. The van der Waals surface area contributed by atoms with Gasteiger partial charge in [-0.15, -0.1) is 0 Å². The fourth-order valence-corrected chi connectivity index (χ4v) is 5.73. The molecule has 6 aromatic carbocycles. The average Bonchev–Trinajstić information content (AvgIpc) is 3.20. The number of rotatable bonds is 10. The number of ether oxygens (including phenoxy) is 2. The highest BCUT2D eigenvalue weighted by Crippen LogP contribution is 2.35. The minimum atomic E-state index is -1.35. The summed E-state index contributed by atoms with van der Waals surface area (Å²) in [7, 11) is 2.77. The predicted octanol–water partition coefficient (Wildman–Crippen LogP) is 9.97. The maximum atomic E-state index is 14.6. The van der Waals surface area contributed by atoms with Crippen molar-refractivity contribution < 1.29 is 60.8 Å². The summed E-state index contributed by atoms with van der Waals surface area (Å²) in [5.41, 5.74) is -1.82. The molecule has 0 bridgehead atoms. The van der Waals surface area contributed by atoms with E-state index in [1.165, 1.54) is 80.9 Å². The first-order chi connectivity index (χ1) is 27.6. The van der Waals surface area contributed by atoms with Gasteiger partial charge >= 0.3 is 11.9 Å². The first-order valence-corrected chi connectivity index (χ1v) is 16.9. The molecule has 0 aliphatic heterocycles. The van der Waals surface area contributed by atoms with Crippen LogP contribution < -0.4 is 20.1 Å². The number of carbonyl (C=O) groups excluding carboxylic acids is 2. The van der Waals surface area contributed by atoms with E-state index in [0.717, 1.165) is 36.4 Å². The molecule has 0 radical (unpaired) electrons. The van der Waals surface area contributed by atoms with E-state index in [-0.39, 0.29) is 49.7 Å². The van der Waals surface area contributed by atoms with E-state index in [2.05, 4.69) is 10.6 Å². The largest absolute Gasteiger partial charge is 0.497 e. The van der Waals surface area contributed by atoms with Gasteiger partial charge in [-0.1, -0.05) is 35.9 Å². The molecule has 6 rings (SSSR count). The normalized spacial score (nSPS) is 10.5. The molecule has 16 heteroatoms. The number of amides is 2. The van der Waals surface area contributed by atoms with Crippen LogP contribution in [0.2, 0.25) is 5.02 Å². The molecule has 0 spiro atoms. The second kappa shape index (κ2) is 18.1. The Morgan fingerprint density at radius 2 is 0.931 bits per heavy atom. The van der Waals surface area contributed by atoms with E-state index < -0.39 is 64.2 Å². The van der Waals surface area contributed by atoms with Crippen LogP contribution in [0.25, 0.3) is 22.3 Å². The van der Waals surface area contributed by atoms with Crippen LogP contribution in [0.4, 0.5) is 33.3 Å². The lowest BCUT2D eigenvalue weighted by Crippen LogP contribution is -2.18. The second-order valence-corrected chi connectivity index (χ2v) is 12.4. The van der Waals surface area contributed by atoms with Gasteiger partial charge in [0, 0.05) is 16.7 Å². The number of nitrogens with one attached hydrogen (secondary N) is 2. The number of carbonyl (C=O) groups is 4. The molecule has 0 aliphatic rings. The maximum absolute atomic E-state index is 14.6. The lowest BCUT2D eigenvalue weighted by atomic mass is 10.0. The van der Waals surface area contributed by atoms with Crippen LogP contribution in [-0.4, -0.2) is 48.2 Å². The van der Waals surface area contributed by atoms with E-state index in [9.17, 15) is 46.2 Å². The zero-order valence-corrected chi connectivity index (χ0v) is 30.8. The summed E-state index contributed by atoms with van der Waals surface area (Å²) in [4.78, 5) is 47.2. The molecule has 0 atom stereocenters. The fraction of sp³-hybridized carbons (Fsp3) is 0.0476. The molecule has 0 heterocycles. The van der Waals surface area contributed by atoms with E-state index in [1.807, 2.05) is 0 Å². The number of carboxylic acid groups (broad SMARTS) is 2. The van der Waals surface area contributed by atoms with Crippen LogP contribution in [0.1, 0.15) is 41.4 Å². The van der Waals surface area contributed by atoms with Gasteiger partial charge in [0.2, 0.25) is 0 Å². The second-order valence-electron chi connectivity index (χ2n) is 12.0. The number of methoxy groups -OCH3 is 2. The van der Waals surface area contributed by atoms with Crippen molar-refractivity contribution >= 4 is 46.7 Å². The number of halogens is 6. The topological polar surface area (TPSA) is 151 Å². The highest BCUT2D eigenvalue weighted by atomic mass is 35.5. The van der Waals surface area contributed by atoms with Crippen molar-refractivity contribution in [3.8, 4) is 33.8 Å². The SMILES string of the molecule is COc1cc(F)cc(-c2cc(F)c(NC(=O)c3ccccc3C(=O)O)c(F)c2)c1.COc1ccc(Cl)c(-c2cc(F)c(NC(=O)c3ccccc3C(=O)O)c(F)c2)c1. The average molecular weight is 819 g/mol. The van der Waals surface area contributed by atoms with Crippen LogP contribution in [-0.2, 0) is 0 Å². The van der Waals surface area contributed by atoms with Crippen LogP contribution in [0.15, 0.2) is 109 Å². The Hall–Kier alpha value is -7.26. The first-order valence-electron chi connectivity index (χ1n) is 16.6. The molecule has 4 N–H and O–H groups in total. The number of anilines is 2. The third-order valence-electron chi connectivity index (χ3n) is 8.29. The summed E-state index contributed by atoms with van der Waals surface area (Å²) in [6, 6.07) is 22.8. The minimum Gasteiger partial charge on any atom is -0.497 e. The Morgan fingerprint density at radius 3 is 1.36 bits per heavy atom. The molecule has 0 aromatic heterocycles. The van der Waals surface area contributed by atoms with Gasteiger partial charge in [-0.2, -0.15) is 0 Å². The molecule has 10 nitrogen and oxygen atoms in total. The summed E-state index contributed by atoms with van der Waals surface area (Å²) in [5, 5.41) is 22.7. The van der Waals surface area contributed by atoms with Gasteiger partial charge in [-0.3, -0.25) is 9.59 Å². The Labute approximate surface area is 331 Å². The lowest BCUT2D eigenvalue weighted by Gasteiger charge is -2.12. The smallest absolute Gasteiger partial charge is 0.336 e. The maximum Gasteiger partial charge on any atom is 0.336 e. The van der Waals surface area contributed by atoms with Crippen molar-refractivity contribution in [2.75, 3.05) is 24.9 Å². The Balaban J connectivity index is 0.000000221. The molecule has 58 heavy (non-hydrogen) atoms. The van der Waals surface area contributed by atoms with E-state index >= 15 is 0 Å². The summed E-state index contributed by atoms with van der Waals surface area (Å²) >= 11 is 6.12. The third kappa shape index (κ3) is 9.57. The zero-order valence-electron chi connectivity index (χ0n) is 30.0. The van der Waals surface area contributed by atoms with Crippen molar-refractivity contribution in [2.45, 2.75) is 0 Å². The molecule has 296 valence electrons. The predicted molar refractivity (Wildman–Crippen MR) is 204 cm³/mol. The Bertz CT molecular complexity index is 2540. The van der Waals surface area contributed by atoms with Crippen LogP contribution in [0.5, 0.6) is 11.5 Å². The van der Waals surface area contributed by atoms with Crippen LogP contribution in [0, 0.1) is 29.1 Å². The minimum absolute atomic E-state index is 0.0294. The fourth-order valence-electron chi connectivity index (χ4n) is 5.50. The van der Waals surface area contributed by atoms with Gasteiger partial charge in [0.05, 0.1) is 36.5 Å². The number of aromatic carboxylic acids is 2. The lowest BCUT2D eigenvalue weighted by molar-refractivity contribution is 0.0683. The summed E-state index contributed by atoms with van der Waals surface area (Å²) in [5.74, 6) is -8.95. The molecular formula is C42H28ClF5N2O8. The monoisotopic (exact) mass is 818 g/mol. The molecule has 0 saturated carbocycles. The summed E-state index contributed by atoms with van der Waals surface area (Å²) in [6.07, 6.45) is 0. The van der Waals surface area contributed by atoms with Crippen molar-refractivity contribution in [1.82, 2.24) is 0 Å². The number of hydrogen-bond donors (Lipinski definition) is 4. The number of benzene rings is 6. The standard InChI is InChI=1S/C21H14ClF2NO4.C21H14F3NO4/c1-29-12-6-7-16(22)15(10-12)11-8-17(23)19(18(24)9-11)25-20(26)13-4-2-3-5-14(13)21(27)28;1-29-14-7-11(6-13(22)10-14)12-8-17(23)19(18(24)9-12)25-20(26)15-4-2-3-5-16(15)21(27)28/h2*2-10H,1H3,(H,25,26)(H,27,28). The quantitative estimate of drug-likeness (QED) is 0.0998. The van der Waals surface area contributed by atoms with E-state index in [1.54, 1.807) is 6.07 Å². The van der Waals surface area contributed by atoms with Gasteiger partial charge < -0.3 is 30.3 Å². The Kier molecular flexibility index (Phi) is 13.1. The highest BCUT2D eigenvalue weighted by Gasteiger charge is 2.22. The molecule has 6 aromatic rings. The van der Waals surface area contributed by atoms with Gasteiger partial charge in [0.25, 0.3) is 11.8 Å². The molecule has 0 fully saturated rings. The van der Waals surface area contributed by atoms with Crippen molar-refractivity contribution in [3.63, 3.8) is 0 Å². The zero-order chi connectivity index (χ0) is 42.3. The molecule has 2 amide bonds. The van der Waals surface area contributed by atoms with Gasteiger partial charge in [0.15, 0.2) is 0 Å². The van der Waals surface area contributed by atoms with E-state index in [4.69, 9.17) is 26.2 Å². The Morgan fingerprint density at radius 1 is 0.517 bits per heavy atom.